The minimum absolute atomic E-state index is 0.158. The van der Waals surface area contributed by atoms with Gasteiger partial charge in [-0.2, -0.15) is 0 Å². The number of aryl methyl sites for hydroxylation is 2. The first-order valence-corrected chi connectivity index (χ1v) is 9.94. The second-order valence-electron chi connectivity index (χ2n) is 7.86. The van der Waals surface area contributed by atoms with E-state index < -0.39 is 0 Å². The highest BCUT2D eigenvalue weighted by Crippen LogP contribution is 2.36. The molecule has 1 heterocycles. The maximum Gasteiger partial charge on any atom is 0.278 e. The Hall–Kier alpha value is -3.28. The number of carbonyl (C=O) groups excluding carboxylic acids is 2. The minimum Gasteiger partial charge on any atom is -0.493 e. The fourth-order valence-electron chi connectivity index (χ4n) is 3.45. The van der Waals surface area contributed by atoms with Crippen molar-refractivity contribution in [3.05, 3.63) is 58.8 Å². The minimum atomic E-state index is -0.322. The quantitative estimate of drug-likeness (QED) is 0.697. The Kier molecular flexibility index (Phi) is 6.15. The summed E-state index contributed by atoms with van der Waals surface area (Å²) >= 11 is 0. The molecule has 0 bridgehead atoms. The fourth-order valence-corrected chi connectivity index (χ4v) is 3.45. The summed E-state index contributed by atoms with van der Waals surface area (Å²) in [4.78, 5) is 27.8. The zero-order valence-corrected chi connectivity index (χ0v) is 18.3. The monoisotopic (exact) mass is 408 g/mol. The molecule has 158 valence electrons. The first kappa shape index (κ1) is 21.4. The molecule has 1 aliphatic heterocycles. The molecule has 0 saturated heterocycles. The summed E-state index contributed by atoms with van der Waals surface area (Å²) in [7, 11) is 3.09. The molecule has 1 N–H and O–H groups in total. The van der Waals surface area contributed by atoms with E-state index in [0.29, 0.717) is 29.2 Å². The van der Waals surface area contributed by atoms with Gasteiger partial charge in [-0.05, 0) is 60.7 Å². The molecule has 1 aliphatic rings. The van der Waals surface area contributed by atoms with E-state index in [9.17, 15) is 9.59 Å². The van der Waals surface area contributed by atoms with E-state index in [-0.39, 0.29) is 23.4 Å². The topological polar surface area (TPSA) is 67.9 Å². The SMILES string of the molecule is COc1ccc(C2=C(Nc3ccc(C)c(C)c3)C(=O)N(CC(C)C)C2=O)cc1OC. The first-order chi connectivity index (χ1) is 14.3. The summed E-state index contributed by atoms with van der Waals surface area (Å²) in [5.41, 5.74) is 4.23. The van der Waals surface area contributed by atoms with Crippen LogP contribution >= 0.6 is 0 Å². The molecule has 2 aromatic carbocycles. The van der Waals surface area contributed by atoms with Gasteiger partial charge in [-0.1, -0.05) is 26.0 Å². The lowest BCUT2D eigenvalue weighted by Crippen LogP contribution is -2.35. The van der Waals surface area contributed by atoms with Crippen LogP contribution in [0.1, 0.15) is 30.5 Å². The maximum absolute atomic E-state index is 13.3. The number of nitrogens with one attached hydrogen (secondary N) is 1. The predicted octanol–water partition coefficient (Wildman–Crippen LogP) is 4.17. The van der Waals surface area contributed by atoms with Crippen molar-refractivity contribution in [2.75, 3.05) is 26.1 Å². The average Bonchev–Trinajstić information content (AvgIpc) is 2.94. The van der Waals surface area contributed by atoms with Crippen molar-refractivity contribution in [3.63, 3.8) is 0 Å². The van der Waals surface area contributed by atoms with Gasteiger partial charge >= 0.3 is 0 Å². The van der Waals surface area contributed by atoms with Crippen molar-refractivity contribution in [2.24, 2.45) is 5.92 Å². The van der Waals surface area contributed by atoms with Crippen LogP contribution in [0.3, 0.4) is 0 Å². The van der Waals surface area contributed by atoms with E-state index in [1.807, 2.05) is 45.9 Å². The van der Waals surface area contributed by atoms with Crippen LogP contribution in [0.2, 0.25) is 0 Å². The van der Waals surface area contributed by atoms with Gasteiger partial charge in [0.2, 0.25) is 0 Å². The summed E-state index contributed by atoms with van der Waals surface area (Å²) in [6, 6.07) is 11.1. The Balaban J connectivity index is 2.11. The highest BCUT2D eigenvalue weighted by molar-refractivity contribution is 6.36. The van der Waals surface area contributed by atoms with Crippen molar-refractivity contribution in [3.8, 4) is 11.5 Å². The van der Waals surface area contributed by atoms with Crippen molar-refractivity contribution >= 4 is 23.1 Å². The number of anilines is 1. The van der Waals surface area contributed by atoms with Crippen LogP contribution in [0.4, 0.5) is 5.69 Å². The molecule has 2 amide bonds. The molecule has 0 aliphatic carbocycles. The zero-order chi connectivity index (χ0) is 22.0. The number of amides is 2. The van der Waals surface area contributed by atoms with Crippen LogP contribution in [0.5, 0.6) is 11.5 Å². The van der Waals surface area contributed by atoms with Crippen LogP contribution in [0.15, 0.2) is 42.1 Å². The summed E-state index contributed by atoms with van der Waals surface area (Å²) < 4.78 is 10.7. The molecule has 0 radical (unpaired) electrons. The van der Waals surface area contributed by atoms with Gasteiger partial charge in [-0.15, -0.1) is 0 Å². The molecule has 0 aromatic heterocycles. The normalized spacial score (nSPS) is 14.0. The van der Waals surface area contributed by atoms with Crippen LogP contribution in [-0.4, -0.2) is 37.5 Å². The Labute approximate surface area is 177 Å². The van der Waals surface area contributed by atoms with Gasteiger partial charge in [0.15, 0.2) is 11.5 Å². The number of methoxy groups -OCH3 is 2. The Bertz CT molecular complexity index is 1020. The van der Waals surface area contributed by atoms with Crippen molar-refractivity contribution in [2.45, 2.75) is 27.7 Å². The van der Waals surface area contributed by atoms with E-state index in [0.717, 1.165) is 16.8 Å². The zero-order valence-electron chi connectivity index (χ0n) is 18.3. The Morgan fingerprint density at radius 1 is 0.900 bits per heavy atom. The molecule has 0 spiro atoms. The van der Waals surface area contributed by atoms with Gasteiger partial charge in [0, 0.05) is 12.2 Å². The standard InChI is InChI=1S/C24H28N2O4/c1-14(2)13-26-23(27)21(17-8-10-19(29-5)20(12-17)30-6)22(24(26)28)25-18-9-7-15(3)16(4)11-18/h7-12,14,25H,13H2,1-6H3. The smallest absolute Gasteiger partial charge is 0.278 e. The second kappa shape index (κ2) is 8.61. The summed E-state index contributed by atoms with van der Waals surface area (Å²) in [6.07, 6.45) is 0. The van der Waals surface area contributed by atoms with Crippen LogP contribution in [-0.2, 0) is 9.59 Å². The molecule has 0 unspecified atom stereocenters. The van der Waals surface area contributed by atoms with E-state index in [2.05, 4.69) is 5.32 Å². The molecule has 3 rings (SSSR count). The average molecular weight is 408 g/mol. The third-order valence-electron chi connectivity index (χ3n) is 5.16. The largest absolute Gasteiger partial charge is 0.493 e. The molecular formula is C24H28N2O4. The highest BCUT2D eigenvalue weighted by Gasteiger charge is 2.39. The van der Waals surface area contributed by atoms with Gasteiger partial charge in [-0.25, -0.2) is 0 Å². The second-order valence-corrected chi connectivity index (χ2v) is 7.86. The lowest BCUT2D eigenvalue weighted by molar-refractivity contribution is -0.137. The molecule has 6 heteroatoms. The highest BCUT2D eigenvalue weighted by atomic mass is 16.5. The van der Waals surface area contributed by atoms with Gasteiger partial charge in [0.05, 0.1) is 19.8 Å². The molecule has 0 fully saturated rings. The lowest BCUT2D eigenvalue weighted by Gasteiger charge is -2.17. The summed E-state index contributed by atoms with van der Waals surface area (Å²) in [5, 5.41) is 3.20. The maximum atomic E-state index is 13.3. The molecule has 0 atom stereocenters. The molecule has 30 heavy (non-hydrogen) atoms. The lowest BCUT2D eigenvalue weighted by atomic mass is 10.0. The molecular weight excluding hydrogens is 380 g/mol. The third-order valence-corrected chi connectivity index (χ3v) is 5.16. The van der Waals surface area contributed by atoms with E-state index >= 15 is 0 Å². The van der Waals surface area contributed by atoms with E-state index in [1.54, 1.807) is 25.3 Å². The van der Waals surface area contributed by atoms with Crippen molar-refractivity contribution in [1.82, 2.24) is 4.90 Å². The van der Waals surface area contributed by atoms with Crippen LogP contribution < -0.4 is 14.8 Å². The fraction of sp³-hybridized carbons (Fsp3) is 0.333. The number of carbonyl (C=O) groups is 2. The predicted molar refractivity (Wildman–Crippen MR) is 118 cm³/mol. The van der Waals surface area contributed by atoms with Gasteiger partial charge in [0.1, 0.15) is 5.70 Å². The number of hydrogen-bond donors (Lipinski definition) is 1. The van der Waals surface area contributed by atoms with Gasteiger partial charge in [-0.3, -0.25) is 14.5 Å². The molecule has 0 saturated carbocycles. The molecule has 2 aromatic rings. The Morgan fingerprint density at radius 3 is 2.20 bits per heavy atom. The van der Waals surface area contributed by atoms with E-state index in [1.165, 1.54) is 12.0 Å². The number of benzene rings is 2. The number of imide groups is 1. The number of ether oxygens (including phenoxy) is 2. The van der Waals surface area contributed by atoms with Crippen molar-refractivity contribution in [1.29, 1.82) is 0 Å². The summed E-state index contributed by atoms with van der Waals surface area (Å²) in [5.74, 6) is 0.575. The van der Waals surface area contributed by atoms with Gasteiger partial charge < -0.3 is 14.8 Å². The number of rotatable bonds is 7. The Morgan fingerprint density at radius 2 is 1.60 bits per heavy atom. The van der Waals surface area contributed by atoms with Crippen molar-refractivity contribution < 1.29 is 19.1 Å². The number of nitrogens with zero attached hydrogens (tertiary/aromatic N) is 1. The summed E-state index contributed by atoms with van der Waals surface area (Å²) in [6.45, 7) is 8.35. The molecule has 6 nitrogen and oxygen atoms in total. The first-order valence-electron chi connectivity index (χ1n) is 9.94. The van der Waals surface area contributed by atoms with Crippen LogP contribution in [0.25, 0.3) is 5.57 Å². The van der Waals surface area contributed by atoms with Crippen LogP contribution in [0, 0.1) is 19.8 Å². The van der Waals surface area contributed by atoms with Gasteiger partial charge in [0.25, 0.3) is 11.8 Å². The third kappa shape index (κ3) is 4.03. The van der Waals surface area contributed by atoms with E-state index in [4.69, 9.17) is 9.47 Å². The number of hydrogen-bond acceptors (Lipinski definition) is 5.